The molecule has 0 fully saturated rings. The van der Waals surface area contributed by atoms with Crippen molar-refractivity contribution in [2.24, 2.45) is 0 Å². The molecule has 0 aromatic heterocycles. The molecule has 0 atom stereocenters. The van der Waals surface area contributed by atoms with E-state index in [0.29, 0.717) is 15.6 Å². The summed E-state index contributed by atoms with van der Waals surface area (Å²) in [7, 11) is 0. The maximum atomic E-state index is 10.2. The van der Waals surface area contributed by atoms with E-state index in [2.05, 4.69) is 0 Å². The van der Waals surface area contributed by atoms with Gasteiger partial charge in [0, 0.05) is 15.6 Å². The molecule has 0 heterocycles. The van der Waals surface area contributed by atoms with Gasteiger partial charge in [-0.05, 0) is 12.1 Å². The van der Waals surface area contributed by atoms with Gasteiger partial charge in [-0.3, -0.25) is 0 Å². The number of carboxylic acids is 1. The van der Waals surface area contributed by atoms with Crippen molar-refractivity contribution in [1.82, 2.24) is 0 Å². The van der Waals surface area contributed by atoms with Crippen molar-refractivity contribution < 1.29 is 14.6 Å². The largest absolute Gasteiger partial charge is 0.480 e. The Labute approximate surface area is 91.2 Å². The lowest BCUT2D eigenvalue weighted by atomic mass is 10.2. The molecule has 0 aliphatic rings. The molecular weight excluding hydrogens is 227 g/mol. The number of hydrogen-bond donors (Lipinski definition) is 1. The van der Waals surface area contributed by atoms with Crippen LogP contribution < -0.4 is 0 Å². The monoisotopic (exact) mass is 234 g/mol. The Morgan fingerprint density at radius 2 is 1.93 bits per heavy atom. The van der Waals surface area contributed by atoms with Crippen LogP contribution in [-0.4, -0.2) is 17.7 Å². The minimum Gasteiger partial charge on any atom is -0.480 e. The summed E-state index contributed by atoms with van der Waals surface area (Å²) in [5, 5.41) is 9.29. The van der Waals surface area contributed by atoms with Crippen molar-refractivity contribution in [2.75, 3.05) is 6.61 Å². The molecule has 0 aliphatic heterocycles. The number of aliphatic carboxylic acids is 1. The van der Waals surface area contributed by atoms with Crippen LogP contribution in [0.3, 0.4) is 0 Å². The van der Waals surface area contributed by atoms with E-state index in [1.807, 2.05) is 0 Å². The molecule has 1 aromatic carbocycles. The summed E-state index contributed by atoms with van der Waals surface area (Å²) >= 11 is 11.7. The smallest absolute Gasteiger partial charge is 0.329 e. The molecule has 14 heavy (non-hydrogen) atoms. The zero-order valence-electron chi connectivity index (χ0n) is 7.17. The van der Waals surface area contributed by atoms with Crippen molar-refractivity contribution in [2.45, 2.75) is 6.61 Å². The van der Waals surface area contributed by atoms with E-state index < -0.39 is 5.97 Å². The minimum atomic E-state index is -1.02. The van der Waals surface area contributed by atoms with Crippen molar-refractivity contribution in [3.63, 3.8) is 0 Å². The third-order valence-electron chi connectivity index (χ3n) is 1.53. The van der Waals surface area contributed by atoms with E-state index in [9.17, 15) is 4.79 Å². The molecule has 5 heteroatoms. The highest BCUT2D eigenvalue weighted by Crippen LogP contribution is 2.24. The standard InChI is InChI=1S/C9H8Cl2O3/c10-7-2-1-3-8(11)6(7)4-14-5-9(12)13/h1-3H,4-5H2,(H,12,13). The topological polar surface area (TPSA) is 46.5 Å². The van der Waals surface area contributed by atoms with Crippen LogP contribution in [-0.2, 0) is 16.1 Å². The van der Waals surface area contributed by atoms with E-state index in [1.165, 1.54) is 0 Å². The lowest BCUT2D eigenvalue weighted by Crippen LogP contribution is -2.07. The number of carbonyl (C=O) groups is 1. The first-order valence-corrected chi connectivity index (χ1v) is 4.59. The second-order valence-corrected chi connectivity index (χ2v) is 3.40. The fourth-order valence-corrected chi connectivity index (χ4v) is 1.42. The summed E-state index contributed by atoms with van der Waals surface area (Å²) in [5.74, 6) is -1.02. The van der Waals surface area contributed by atoms with Gasteiger partial charge in [0.05, 0.1) is 6.61 Å². The maximum absolute atomic E-state index is 10.2. The Morgan fingerprint density at radius 1 is 1.36 bits per heavy atom. The molecule has 3 nitrogen and oxygen atoms in total. The van der Waals surface area contributed by atoms with E-state index in [-0.39, 0.29) is 13.2 Å². The maximum Gasteiger partial charge on any atom is 0.329 e. The Morgan fingerprint density at radius 3 is 2.43 bits per heavy atom. The molecule has 0 aliphatic carbocycles. The Bertz CT molecular complexity index is 319. The first-order valence-electron chi connectivity index (χ1n) is 3.83. The van der Waals surface area contributed by atoms with Crippen LogP contribution in [0, 0.1) is 0 Å². The first kappa shape index (κ1) is 11.3. The van der Waals surface area contributed by atoms with E-state index in [4.69, 9.17) is 33.0 Å². The Kier molecular flexibility index (Phi) is 4.20. The SMILES string of the molecule is O=C(O)COCc1c(Cl)cccc1Cl. The van der Waals surface area contributed by atoms with Gasteiger partial charge in [-0.25, -0.2) is 4.79 Å². The van der Waals surface area contributed by atoms with Crippen LogP contribution >= 0.6 is 23.2 Å². The van der Waals surface area contributed by atoms with E-state index >= 15 is 0 Å². The average molecular weight is 235 g/mol. The van der Waals surface area contributed by atoms with Gasteiger partial charge in [0.15, 0.2) is 0 Å². The van der Waals surface area contributed by atoms with Crippen molar-refractivity contribution in [3.8, 4) is 0 Å². The molecule has 76 valence electrons. The summed E-state index contributed by atoms with van der Waals surface area (Å²) in [6, 6.07) is 5.06. The molecule has 1 rings (SSSR count). The van der Waals surface area contributed by atoms with Crippen LogP contribution in [0.25, 0.3) is 0 Å². The molecule has 0 saturated carbocycles. The molecule has 0 amide bonds. The van der Waals surface area contributed by atoms with E-state index in [1.54, 1.807) is 18.2 Å². The number of ether oxygens (including phenoxy) is 1. The van der Waals surface area contributed by atoms with Gasteiger partial charge in [-0.15, -0.1) is 0 Å². The second-order valence-electron chi connectivity index (χ2n) is 2.59. The van der Waals surface area contributed by atoms with Crippen LogP contribution in [0.4, 0.5) is 0 Å². The highest BCUT2D eigenvalue weighted by molar-refractivity contribution is 6.35. The van der Waals surface area contributed by atoms with Crippen molar-refractivity contribution in [3.05, 3.63) is 33.8 Å². The Balaban J connectivity index is 2.62. The van der Waals surface area contributed by atoms with Gasteiger partial charge in [0.1, 0.15) is 6.61 Å². The van der Waals surface area contributed by atoms with Crippen LogP contribution in [0.15, 0.2) is 18.2 Å². The summed E-state index contributed by atoms with van der Waals surface area (Å²) < 4.78 is 4.87. The van der Waals surface area contributed by atoms with Crippen LogP contribution in [0.2, 0.25) is 10.0 Å². The fraction of sp³-hybridized carbons (Fsp3) is 0.222. The van der Waals surface area contributed by atoms with Crippen LogP contribution in [0.1, 0.15) is 5.56 Å². The summed E-state index contributed by atoms with van der Waals surface area (Å²) in [6.45, 7) is -0.258. The van der Waals surface area contributed by atoms with Gasteiger partial charge >= 0.3 is 5.97 Å². The molecule has 0 spiro atoms. The molecule has 1 N–H and O–H groups in total. The quantitative estimate of drug-likeness (QED) is 0.872. The molecule has 0 saturated heterocycles. The molecular formula is C9H8Cl2O3. The van der Waals surface area contributed by atoms with Gasteiger partial charge < -0.3 is 9.84 Å². The number of halogens is 2. The zero-order chi connectivity index (χ0) is 10.6. The predicted molar refractivity (Wildman–Crippen MR) is 53.8 cm³/mol. The highest BCUT2D eigenvalue weighted by Gasteiger charge is 2.06. The average Bonchev–Trinajstić information content (AvgIpc) is 2.09. The van der Waals surface area contributed by atoms with Crippen LogP contribution in [0.5, 0.6) is 0 Å². The second kappa shape index (κ2) is 5.20. The number of hydrogen-bond acceptors (Lipinski definition) is 2. The van der Waals surface area contributed by atoms with Gasteiger partial charge in [-0.2, -0.15) is 0 Å². The fourth-order valence-electron chi connectivity index (χ4n) is 0.911. The van der Waals surface area contributed by atoms with Crippen molar-refractivity contribution >= 4 is 29.2 Å². The van der Waals surface area contributed by atoms with E-state index in [0.717, 1.165) is 0 Å². The van der Waals surface area contributed by atoms with Gasteiger partial charge in [0.2, 0.25) is 0 Å². The van der Waals surface area contributed by atoms with Gasteiger partial charge in [-0.1, -0.05) is 29.3 Å². The lowest BCUT2D eigenvalue weighted by Gasteiger charge is -2.05. The number of benzene rings is 1. The highest BCUT2D eigenvalue weighted by atomic mass is 35.5. The summed E-state index contributed by atoms with van der Waals surface area (Å²) in [5.41, 5.74) is 0.608. The number of rotatable bonds is 4. The molecule has 0 radical (unpaired) electrons. The Hall–Kier alpha value is -0.770. The zero-order valence-corrected chi connectivity index (χ0v) is 8.68. The van der Waals surface area contributed by atoms with Gasteiger partial charge in [0.25, 0.3) is 0 Å². The lowest BCUT2D eigenvalue weighted by molar-refractivity contribution is -0.142. The summed E-state index contributed by atoms with van der Waals surface area (Å²) in [6.07, 6.45) is 0. The predicted octanol–water partition coefficient (Wildman–Crippen LogP) is 2.59. The molecule has 1 aromatic rings. The van der Waals surface area contributed by atoms with Crippen molar-refractivity contribution in [1.29, 1.82) is 0 Å². The first-order chi connectivity index (χ1) is 6.61. The molecule has 0 bridgehead atoms. The summed E-state index contributed by atoms with van der Waals surface area (Å²) in [4.78, 5) is 10.2. The third-order valence-corrected chi connectivity index (χ3v) is 2.24. The third kappa shape index (κ3) is 3.18. The molecule has 0 unspecified atom stereocenters. The number of carboxylic acid groups (broad SMARTS) is 1. The minimum absolute atomic E-state index is 0.102. The normalized spacial score (nSPS) is 10.1.